The maximum Gasteiger partial charge on any atom is 0.239 e. The Kier molecular flexibility index (Phi) is 5.71. The second-order valence-electron chi connectivity index (χ2n) is 6.19. The summed E-state index contributed by atoms with van der Waals surface area (Å²) in [4.78, 5) is 28.8. The van der Waals surface area contributed by atoms with Crippen LogP contribution in [0.25, 0.3) is 0 Å². The number of amides is 2. The van der Waals surface area contributed by atoms with E-state index in [1.165, 1.54) is 0 Å². The van der Waals surface area contributed by atoms with Gasteiger partial charge in [0.15, 0.2) is 0 Å². The summed E-state index contributed by atoms with van der Waals surface area (Å²) in [7, 11) is 0. The molecule has 1 aromatic carbocycles. The zero-order valence-electron chi connectivity index (χ0n) is 13.6. The van der Waals surface area contributed by atoms with Gasteiger partial charge in [-0.3, -0.25) is 14.5 Å². The summed E-state index contributed by atoms with van der Waals surface area (Å²) in [5.74, 6) is -0.899. The smallest absolute Gasteiger partial charge is 0.239 e. The monoisotopic (exact) mass is 350 g/mol. The Hall–Kier alpha value is -1.63. The van der Waals surface area contributed by atoms with E-state index >= 15 is 0 Å². The van der Waals surface area contributed by atoms with Crippen molar-refractivity contribution in [3.8, 4) is 0 Å². The Labute approximate surface area is 147 Å². The van der Waals surface area contributed by atoms with E-state index in [-0.39, 0.29) is 11.8 Å². The highest BCUT2D eigenvalue weighted by atomic mass is 35.5. The van der Waals surface area contributed by atoms with E-state index in [0.29, 0.717) is 24.5 Å². The average molecular weight is 351 g/mol. The van der Waals surface area contributed by atoms with Crippen LogP contribution in [0.3, 0.4) is 0 Å². The van der Waals surface area contributed by atoms with Crippen molar-refractivity contribution in [3.05, 3.63) is 29.3 Å². The first-order chi connectivity index (χ1) is 11.6. The molecule has 0 bridgehead atoms. The first-order valence-corrected chi connectivity index (χ1v) is 8.80. The maximum atomic E-state index is 12.5. The zero-order valence-corrected chi connectivity index (χ0v) is 14.4. The number of carbonyl (C=O) groups excluding carboxylic acids is 2. The highest BCUT2D eigenvalue weighted by Gasteiger charge is 2.37. The minimum absolute atomic E-state index is 0.142. The molecule has 1 aromatic rings. The lowest BCUT2D eigenvalue weighted by atomic mass is 10.1. The van der Waals surface area contributed by atoms with Gasteiger partial charge in [-0.1, -0.05) is 17.7 Å². The molecule has 130 valence electrons. The van der Waals surface area contributed by atoms with Crippen LogP contribution in [-0.2, 0) is 9.59 Å². The number of hydrogen-bond acceptors (Lipinski definition) is 4. The van der Waals surface area contributed by atoms with E-state index in [0.717, 1.165) is 38.4 Å². The summed E-state index contributed by atoms with van der Waals surface area (Å²) >= 11 is 5.99. The van der Waals surface area contributed by atoms with Crippen molar-refractivity contribution in [1.29, 1.82) is 0 Å². The van der Waals surface area contributed by atoms with Crippen LogP contribution in [0.2, 0.25) is 5.02 Å². The number of anilines is 1. The van der Waals surface area contributed by atoms with Crippen molar-refractivity contribution in [2.45, 2.75) is 6.42 Å². The normalized spacial score (nSPS) is 22.0. The molecule has 0 radical (unpaired) electrons. The van der Waals surface area contributed by atoms with E-state index in [1.807, 2.05) is 12.1 Å². The minimum Gasteiger partial charge on any atom is -0.354 e. The lowest BCUT2D eigenvalue weighted by molar-refractivity contribution is -0.132. The van der Waals surface area contributed by atoms with Gasteiger partial charge in [0.05, 0.1) is 0 Å². The summed E-state index contributed by atoms with van der Waals surface area (Å²) in [5, 5.41) is 6.80. The Morgan fingerprint density at radius 3 is 2.83 bits per heavy atom. The van der Waals surface area contributed by atoms with E-state index in [2.05, 4.69) is 15.5 Å². The molecule has 0 aromatic heterocycles. The van der Waals surface area contributed by atoms with Crippen molar-refractivity contribution < 1.29 is 9.59 Å². The van der Waals surface area contributed by atoms with Crippen LogP contribution in [0, 0.1) is 5.92 Å². The molecule has 0 saturated carbocycles. The third-order valence-corrected chi connectivity index (χ3v) is 4.81. The van der Waals surface area contributed by atoms with E-state index in [9.17, 15) is 9.59 Å². The van der Waals surface area contributed by atoms with Crippen molar-refractivity contribution in [3.63, 3.8) is 0 Å². The summed E-state index contributed by atoms with van der Waals surface area (Å²) in [6.07, 6.45) is 0.546. The van der Waals surface area contributed by atoms with Crippen molar-refractivity contribution in [1.82, 2.24) is 15.5 Å². The van der Waals surface area contributed by atoms with Gasteiger partial charge in [0.1, 0.15) is 5.92 Å². The van der Waals surface area contributed by atoms with Crippen LogP contribution in [0.4, 0.5) is 5.69 Å². The number of piperazine rings is 1. The van der Waals surface area contributed by atoms with E-state index in [1.54, 1.807) is 17.0 Å². The second-order valence-corrected chi connectivity index (χ2v) is 6.63. The van der Waals surface area contributed by atoms with Crippen LogP contribution in [0.1, 0.15) is 6.42 Å². The molecule has 2 aliphatic rings. The van der Waals surface area contributed by atoms with Crippen molar-refractivity contribution in [2.75, 3.05) is 50.7 Å². The van der Waals surface area contributed by atoms with Crippen LogP contribution in [-0.4, -0.2) is 62.5 Å². The molecule has 2 heterocycles. The molecule has 6 nitrogen and oxygen atoms in total. The van der Waals surface area contributed by atoms with Gasteiger partial charge < -0.3 is 15.5 Å². The first kappa shape index (κ1) is 17.2. The zero-order chi connectivity index (χ0) is 16.9. The Balaban J connectivity index is 1.50. The molecular weight excluding hydrogens is 328 g/mol. The number of hydrogen-bond donors (Lipinski definition) is 2. The average Bonchev–Trinajstić information content (AvgIpc) is 2.97. The molecule has 24 heavy (non-hydrogen) atoms. The fraction of sp³-hybridized carbons (Fsp3) is 0.529. The molecule has 2 fully saturated rings. The molecule has 3 rings (SSSR count). The first-order valence-electron chi connectivity index (χ1n) is 8.43. The predicted molar refractivity (Wildman–Crippen MR) is 94.2 cm³/mol. The Morgan fingerprint density at radius 1 is 1.29 bits per heavy atom. The SMILES string of the molecule is O=C(NCCN1CCNCC1)C1CCN(c2cccc(Cl)c2)C1=O. The second kappa shape index (κ2) is 7.96. The lowest BCUT2D eigenvalue weighted by Gasteiger charge is -2.27. The van der Waals surface area contributed by atoms with Gasteiger partial charge >= 0.3 is 0 Å². The molecule has 2 N–H and O–H groups in total. The van der Waals surface area contributed by atoms with Crippen molar-refractivity contribution in [2.24, 2.45) is 5.92 Å². The highest BCUT2D eigenvalue weighted by molar-refractivity contribution is 6.31. The summed E-state index contributed by atoms with van der Waals surface area (Å²) in [6, 6.07) is 7.18. The molecule has 0 spiro atoms. The number of benzene rings is 1. The summed E-state index contributed by atoms with van der Waals surface area (Å²) in [6.45, 7) is 5.94. The van der Waals surface area contributed by atoms with Gasteiger partial charge in [-0.2, -0.15) is 0 Å². The fourth-order valence-electron chi connectivity index (χ4n) is 3.22. The molecule has 2 saturated heterocycles. The van der Waals surface area contributed by atoms with Crippen LogP contribution in [0.15, 0.2) is 24.3 Å². The maximum absolute atomic E-state index is 12.5. The third kappa shape index (κ3) is 4.06. The molecule has 0 aliphatic carbocycles. The quantitative estimate of drug-likeness (QED) is 0.768. The number of halogens is 1. The number of nitrogens with zero attached hydrogens (tertiary/aromatic N) is 2. The third-order valence-electron chi connectivity index (χ3n) is 4.58. The Bertz CT molecular complexity index is 604. The molecule has 1 unspecified atom stereocenters. The molecule has 7 heteroatoms. The van der Waals surface area contributed by atoms with E-state index < -0.39 is 5.92 Å². The molecule has 1 atom stereocenters. The molecule has 2 amide bonds. The standard InChI is InChI=1S/C17H23ClN4O2/c18-13-2-1-3-14(12-13)22-8-4-15(17(22)24)16(23)20-7-11-21-9-5-19-6-10-21/h1-3,12,15,19H,4-11H2,(H,20,23). The van der Waals surface area contributed by atoms with E-state index in [4.69, 9.17) is 11.6 Å². The predicted octanol–water partition coefficient (Wildman–Crippen LogP) is 0.714. The Morgan fingerprint density at radius 2 is 2.08 bits per heavy atom. The highest BCUT2D eigenvalue weighted by Crippen LogP contribution is 2.27. The van der Waals surface area contributed by atoms with Gasteiger partial charge in [-0.15, -0.1) is 0 Å². The van der Waals surface area contributed by atoms with Gasteiger partial charge in [0.2, 0.25) is 11.8 Å². The van der Waals surface area contributed by atoms with Gasteiger partial charge in [-0.25, -0.2) is 0 Å². The molecule has 2 aliphatic heterocycles. The largest absolute Gasteiger partial charge is 0.354 e. The minimum atomic E-state index is -0.591. The topological polar surface area (TPSA) is 64.7 Å². The summed E-state index contributed by atoms with van der Waals surface area (Å²) < 4.78 is 0. The van der Waals surface area contributed by atoms with Gasteiger partial charge in [0, 0.05) is 56.5 Å². The van der Waals surface area contributed by atoms with Crippen LogP contribution >= 0.6 is 11.6 Å². The van der Waals surface area contributed by atoms with Crippen molar-refractivity contribution >= 4 is 29.1 Å². The number of rotatable bonds is 5. The number of nitrogens with one attached hydrogen (secondary N) is 2. The fourth-order valence-corrected chi connectivity index (χ4v) is 3.40. The van der Waals surface area contributed by atoms with Gasteiger partial charge in [0.25, 0.3) is 0 Å². The van der Waals surface area contributed by atoms with Crippen LogP contribution < -0.4 is 15.5 Å². The van der Waals surface area contributed by atoms with Crippen LogP contribution in [0.5, 0.6) is 0 Å². The summed E-state index contributed by atoms with van der Waals surface area (Å²) in [5.41, 5.74) is 0.753. The number of carbonyl (C=O) groups is 2. The lowest BCUT2D eigenvalue weighted by Crippen LogP contribution is -2.47. The molecular formula is C17H23ClN4O2. The van der Waals surface area contributed by atoms with Gasteiger partial charge in [-0.05, 0) is 24.6 Å².